The summed E-state index contributed by atoms with van der Waals surface area (Å²) in [5, 5.41) is 6.70. The van der Waals surface area contributed by atoms with Crippen molar-refractivity contribution in [3.05, 3.63) is 30.3 Å². The van der Waals surface area contributed by atoms with Gasteiger partial charge in [-0.3, -0.25) is 0 Å². The van der Waals surface area contributed by atoms with Crippen LogP contribution < -0.4 is 10.6 Å². The third kappa shape index (κ3) is 4.21. The third-order valence-electron chi connectivity index (χ3n) is 3.42. The Morgan fingerprint density at radius 1 is 1.16 bits per heavy atom. The minimum absolute atomic E-state index is 0.0109. The molecule has 0 saturated carbocycles. The van der Waals surface area contributed by atoms with Crippen LogP contribution in [0.5, 0.6) is 0 Å². The van der Waals surface area contributed by atoms with Gasteiger partial charge in [-0.15, -0.1) is 0 Å². The maximum atomic E-state index is 11.8. The molecule has 1 fully saturated rings. The highest BCUT2D eigenvalue weighted by atomic mass is 32.2. The van der Waals surface area contributed by atoms with Crippen molar-refractivity contribution >= 4 is 15.5 Å². The maximum Gasteiger partial charge on any atom is 0.153 e. The molecule has 1 heterocycles. The molecule has 0 bridgehead atoms. The molecule has 2 rings (SSSR count). The second-order valence-electron chi connectivity index (χ2n) is 5.11. The van der Waals surface area contributed by atoms with Crippen molar-refractivity contribution in [3.8, 4) is 0 Å². The number of hydrogen-bond donors (Lipinski definition) is 2. The lowest BCUT2D eigenvalue weighted by atomic mass is 10.1. The van der Waals surface area contributed by atoms with Gasteiger partial charge in [0.1, 0.15) is 0 Å². The largest absolute Gasteiger partial charge is 0.380 e. The minimum Gasteiger partial charge on any atom is -0.380 e. The Kier molecular flexibility index (Phi) is 4.82. The van der Waals surface area contributed by atoms with Crippen LogP contribution in [-0.2, 0) is 9.84 Å². The van der Waals surface area contributed by atoms with Crippen LogP contribution in [0.4, 0.5) is 5.69 Å². The number of benzene rings is 1. The first-order valence-corrected chi connectivity index (χ1v) is 8.68. The van der Waals surface area contributed by atoms with Gasteiger partial charge in [0.05, 0.1) is 17.5 Å². The van der Waals surface area contributed by atoms with Crippen LogP contribution in [0.15, 0.2) is 30.3 Å². The standard InChI is InChI=1S/C14H22N2O2S/c1-2-3-9-15-13-10-19(17,18)11-14(13)16-12-7-5-4-6-8-12/h4-8,13-16H,2-3,9-11H2,1H3/t13-,14+/m1/s1. The fraction of sp³-hybridized carbons (Fsp3) is 0.571. The topological polar surface area (TPSA) is 58.2 Å². The maximum absolute atomic E-state index is 11.8. The number of unbranched alkanes of at least 4 members (excludes halogenated alkanes) is 1. The molecule has 19 heavy (non-hydrogen) atoms. The van der Waals surface area contributed by atoms with E-state index in [2.05, 4.69) is 17.6 Å². The molecule has 1 saturated heterocycles. The van der Waals surface area contributed by atoms with Gasteiger partial charge in [0.25, 0.3) is 0 Å². The summed E-state index contributed by atoms with van der Waals surface area (Å²) in [4.78, 5) is 0. The molecule has 1 aromatic rings. The number of rotatable bonds is 6. The molecule has 0 aromatic heterocycles. The van der Waals surface area contributed by atoms with Gasteiger partial charge in [-0.25, -0.2) is 8.42 Å². The molecule has 2 N–H and O–H groups in total. The van der Waals surface area contributed by atoms with Crippen molar-refractivity contribution in [3.63, 3.8) is 0 Å². The lowest BCUT2D eigenvalue weighted by molar-refractivity contribution is 0.511. The highest BCUT2D eigenvalue weighted by Crippen LogP contribution is 2.18. The zero-order valence-corrected chi connectivity index (χ0v) is 12.1. The summed E-state index contributed by atoms with van der Waals surface area (Å²) in [7, 11) is -2.93. The molecule has 1 aliphatic rings. The second-order valence-corrected chi connectivity index (χ2v) is 7.26. The first kappa shape index (κ1) is 14.3. The van der Waals surface area contributed by atoms with E-state index in [9.17, 15) is 8.42 Å². The van der Waals surface area contributed by atoms with Crippen LogP contribution in [0.1, 0.15) is 19.8 Å². The molecular weight excluding hydrogens is 260 g/mol. The molecule has 2 atom stereocenters. The SMILES string of the molecule is CCCCN[C@@H]1CS(=O)(=O)C[C@@H]1Nc1ccccc1. The van der Waals surface area contributed by atoms with Gasteiger partial charge in [-0.2, -0.15) is 0 Å². The van der Waals surface area contributed by atoms with Gasteiger partial charge in [0, 0.05) is 11.7 Å². The van der Waals surface area contributed by atoms with Crippen molar-refractivity contribution in [1.29, 1.82) is 0 Å². The van der Waals surface area contributed by atoms with Gasteiger partial charge < -0.3 is 10.6 Å². The van der Waals surface area contributed by atoms with Gasteiger partial charge in [0.2, 0.25) is 0 Å². The number of para-hydroxylation sites is 1. The summed E-state index contributed by atoms with van der Waals surface area (Å²) in [5.41, 5.74) is 0.979. The number of hydrogen-bond acceptors (Lipinski definition) is 4. The van der Waals surface area contributed by atoms with E-state index in [0.717, 1.165) is 25.1 Å². The molecule has 0 unspecified atom stereocenters. The van der Waals surface area contributed by atoms with Crippen molar-refractivity contribution in [2.45, 2.75) is 31.8 Å². The summed E-state index contributed by atoms with van der Waals surface area (Å²) >= 11 is 0. The zero-order chi connectivity index (χ0) is 13.7. The molecule has 1 aliphatic heterocycles. The van der Waals surface area contributed by atoms with E-state index in [1.54, 1.807) is 0 Å². The minimum atomic E-state index is -2.93. The highest BCUT2D eigenvalue weighted by Gasteiger charge is 2.37. The Hall–Kier alpha value is -1.07. The quantitative estimate of drug-likeness (QED) is 0.779. The monoisotopic (exact) mass is 282 g/mol. The second kappa shape index (κ2) is 6.39. The molecule has 0 spiro atoms. The van der Waals surface area contributed by atoms with Crippen molar-refractivity contribution < 1.29 is 8.42 Å². The van der Waals surface area contributed by atoms with E-state index >= 15 is 0 Å². The molecule has 0 aliphatic carbocycles. The van der Waals surface area contributed by atoms with E-state index in [1.165, 1.54) is 0 Å². The van der Waals surface area contributed by atoms with E-state index in [-0.39, 0.29) is 23.6 Å². The smallest absolute Gasteiger partial charge is 0.153 e. The molecule has 1 aromatic carbocycles. The van der Waals surface area contributed by atoms with E-state index in [0.29, 0.717) is 0 Å². The van der Waals surface area contributed by atoms with Gasteiger partial charge in [0.15, 0.2) is 9.84 Å². The Balaban J connectivity index is 1.99. The Morgan fingerprint density at radius 3 is 2.53 bits per heavy atom. The van der Waals surface area contributed by atoms with Crippen LogP contribution >= 0.6 is 0 Å². The lowest BCUT2D eigenvalue weighted by Gasteiger charge is -2.21. The summed E-state index contributed by atoms with van der Waals surface area (Å²) in [5.74, 6) is 0.451. The number of anilines is 1. The van der Waals surface area contributed by atoms with Gasteiger partial charge >= 0.3 is 0 Å². The normalized spacial score (nSPS) is 25.3. The lowest BCUT2D eigenvalue weighted by Crippen LogP contribution is -2.43. The number of nitrogens with one attached hydrogen (secondary N) is 2. The number of sulfone groups is 1. The van der Waals surface area contributed by atoms with Crippen LogP contribution in [-0.4, -0.2) is 38.6 Å². The first-order valence-electron chi connectivity index (χ1n) is 6.86. The summed E-state index contributed by atoms with van der Waals surface area (Å²) in [6.07, 6.45) is 2.19. The molecule has 0 radical (unpaired) electrons. The van der Waals surface area contributed by atoms with Crippen LogP contribution in [0.2, 0.25) is 0 Å². The Labute approximate surface area is 115 Å². The predicted molar refractivity (Wildman–Crippen MR) is 79.2 cm³/mol. The zero-order valence-electron chi connectivity index (χ0n) is 11.3. The van der Waals surface area contributed by atoms with E-state index in [4.69, 9.17) is 0 Å². The Morgan fingerprint density at radius 2 is 1.84 bits per heavy atom. The predicted octanol–water partition coefficient (Wildman–Crippen LogP) is 1.65. The summed E-state index contributed by atoms with van der Waals surface area (Å²) in [6, 6.07) is 9.76. The fourth-order valence-corrected chi connectivity index (χ4v) is 4.30. The fourth-order valence-electron chi connectivity index (χ4n) is 2.40. The molecule has 0 amide bonds. The van der Waals surface area contributed by atoms with E-state index in [1.807, 2.05) is 30.3 Å². The summed E-state index contributed by atoms with van der Waals surface area (Å²) < 4.78 is 23.6. The Bertz CT molecular complexity index is 487. The van der Waals surface area contributed by atoms with Crippen LogP contribution in [0, 0.1) is 0 Å². The van der Waals surface area contributed by atoms with Crippen molar-refractivity contribution in [2.24, 2.45) is 0 Å². The average molecular weight is 282 g/mol. The van der Waals surface area contributed by atoms with Crippen LogP contribution in [0.25, 0.3) is 0 Å². The third-order valence-corrected chi connectivity index (χ3v) is 5.15. The molecular formula is C14H22N2O2S. The molecule has 5 heteroatoms. The summed E-state index contributed by atoms with van der Waals surface area (Å²) in [6.45, 7) is 3.01. The van der Waals surface area contributed by atoms with Gasteiger partial charge in [-0.05, 0) is 25.1 Å². The average Bonchev–Trinajstić information content (AvgIpc) is 2.65. The van der Waals surface area contributed by atoms with Crippen molar-refractivity contribution in [2.75, 3.05) is 23.4 Å². The highest BCUT2D eigenvalue weighted by molar-refractivity contribution is 7.91. The van der Waals surface area contributed by atoms with E-state index < -0.39 is 9.84 Å². The molecule has 4 nitrogen and oxygen atoms in total. The van der Waals surface area contributed by atoms with Crippen molar-refractivity contribution in [1.82, 2.24) is 5.32 Å². The van der Waals surface area contributed by atoms with Crippen LogP contribution in [0.3, 0.4) is 0 Å². The van der Waals surface area contributed by atoms with Gasteiger partial charge in [-0.1, -0.05) is 31.5 Å². The molecule has 106 valence electrons. The first-order chi connectivity index (χ1) is 9.11.